The number of methoxy groups -OCH3 is 1. The predicted octanol–water partition coefficient (Wildman–Crippen LogP) is 4.84. The fourth-order valence-corrected chi connectivity index (χ4v) is 4.38. The predicted molar refractivity (Wildman–Crippen MR) is 85.7 cm³/mol. The third kappa shape index (κ3) is 2.62. The molecule has 1 N–H and O–H groups in total. The lowest BCUT2D eigenvalue weighted by atomic mass is 9.98. The molecule has 3 rings (SSSR count). The number of benzene rings is 1. The van der Waals surface area contributed by atoms with Gasteiger partial charge in [-0.3, -0.25) is 0 Å². The maximum absolute atomic E-state index is 10.3. The second-order valence-electron chi connectivity index (χ2n) is 4.53. The third-order valence-corrected chi connectivity index (χ3v) is 6.62. The van der Waals surface area contributed by atoms with E-state index in [0.29, 0.717) is 12.2 Å². The molecule has 0 saturated carbocycles. The molecule has 0 saturated heterocycles. The molecule has 3 nitrogen and oxygen atoms in total. The van der Waals surface area contributed by atoms with Crippen LogP contribution in [-0.2, 0) is 0 Å². The highest BCUT2D eigenvalue weighted by Gasteiger charge is 2.29. The molecule has 6 heteroatoms. The summed E-state index contributed by atoms with van der Waals surface area (Å²) in [6.45, 7) is 0. The zero-order valence-electron chi connectivity index (χ0n) is 10.6. The first-order valence-electron chi connectivity index (χ1n) is 6.06. The molecule has 2 heterocycles. The van der Waals surface area contributed by atoms with Gasteiger partial charge in [0, 0.05) is 27.4 Å². The third-order valence-electron chi connectivity index (χ3n) is 3.27. The van der Waals surface area contributed by atoms with Crippen LogP contribution in [0, 0.1) is 0 Å². The SMILES string of the molecule is COc1ccc2c(c1)OC(c1cc(Br)c(Br)s1)CC2O. The van der Waals surface area contributed by atoms with E-state index in [1.807, 2.05) is 24.3 Å². The van der Waals surface area contributed by atoms with E-state index in [9.17, 15) is 5.11 Å². The average Bonchev–Trinajstić information content (AvgIpc) is 2.78. The van der Waals surface area contributed by atoms with Crippen molar-refractivity contribution in [2.75, 3.05) is 7.11 Å². The molecule has 1 aromatic heterocycles. The Morgan fingerprint density at radius 2 is 2.15 bits per heavy atom. The molecule has 1 aliphatic rings. The van der Waals surface area contributed by atoms with Gasteiger partial charge in [0.2, 0.25) is 0 Å². The van der Waals surface area contributed by atoms with E-state index in [2.05, 4.69) is 31.9 Å². The molecule has 106 valence electrons. The van der Waals surface area contributed by atoms with E-state index in [4.69, 9.17) is 9.47 Å². The van der Waals surface area contributed by atoms with Gasteiger partial charge in [0.1, 0.15) is 17.6 Å². The molecule has 0 aliphatic carbocycles. The van der Waals surface area contributed by atoms with E-state index in [1.54, 1.807) is 18.4 Å². The van der Waals surface area contributed by atoms with E-state index < -0.39 is 6.10 Å². The van der Waals surface area contributed by atoms with Crippen LogP contribution in [0.5, 0.6) is 11.5 Å². The zero-order chi connectivity index (χ0) is 14.3. The standard InChI is InChI=1S/C14H12Br2O3S/c1-18-7-2-3-8-10(17)6-12(19-11(8)4-7)13-5-9(15)14(16)20-13/h2-5,10,12,17H,6H2,1H3. The summed E-state index contributed by atoms with van der Waals surface area (Å²) in [5.74, 6) is 1.42. The first kappa shape index (κ1) is 14.4. The number of thiophene rings is 1. The fraction of sp³-hybridized carbons (Fsp3) is 0.286. The van der Waals surface area contributed by atoms with Crippen LogP contribution in [0.25, 0.3) is 0 Å². The molecule has 0 spiro atoms. The van der Waals surface area contributed by atoms with Crippen molar-refractivity contribution >= 4 is 43.2 Å². The lowest BCUT2D eigenvalue weighted by molar-refractivity contribution is 0.0671. The minimum Gasteiger partial charge on any atom is -0.497 e. The van der Waals surface area contributed by atoms with E-state index in [-0.39, 0.29) is 6.10 Å². The summed E-state index contributed by atoms with van der Waals surface area (Å²) in [6, 6.07) is 7.54. The number of fused-ring (bicyclic) bond motifs is 1. The molecular weight excluding hydrogens is 408 g/mol. The van der Waals surface area contributed by atoms with Crippen molar-refractivity contribution in [1.82, 2.24) is 0 Å². The number of halogens is 2. The van der Waals surface area contributed by atoms with Crippen LogP contribution in [0.1, 0.15) is 29.1 Å². The Labute approximate surface area is 137 Å². The van der Waals surface area contributed by atoms with Gasteiger partial charge in [0.05, 0.1) is 17.0 Å². The van der Waals surface area contributed by atoms with Crippen LogP contribution >= 0.6 is 43.2 Å². The lowest BCUT2D eigenvalue weighted by Gasteiger charge is -2.29. The van der Waals surface area contributed by atoms with Crippen molar-refractivity contribution in [2.24, 2.45) is 0 Å². The van der Waals surface area contributed by atoms with E-state index in [0.717, 1.165) is 24.4 Å². The van der Waals surface area contributed by atoms with Gasteiger partial charge in [-0.1, -0.05) is 0 Å². The number of rotatable bonds is 2. The van der Waals surface area contributed by atoms with Gasteiger partial charge in [0.25, 0.3) is 0 Å². The maximum atomic E-state index is 10.3. The van der Waals surface area contributed by atoms with Crippen LogP contribution in [-0.4, -0.2) is 12.2 Å². The molecule has 0 fully saturated rings. The highest BCUT2D eigenvalue weighted by atomic mass is 79.9. The van der Waals surface area contributed by atoms with Crippen molar-refractivity contribution < 1.29 is 14.6 Å². The molecule has 20 heavy (non-hydrogen) atoms. The summed E-state index contributed by atoms with van der Waals surface area (Å²) < 4.78 is 13.3. The minimum atomic E-state index is -0.519. The molecule has 0 amide bonds. The molecule has 0 bridgehead atoms. The monoisotopic (exact) mass is 418 g/mol. The number of hydrogen-bond donors (Lipinski definition) is 1. The molecule has 1 aromatic carbocycles. The van der Waals surface area contributed by atoms with Gasteiger partial charge in [-0.15, -0.1) is 11.3 Å². The molecule has 1 aliphatic heterocycles. The Kier molecular flexibility index (Phi) is 4.08. The van der Waals surface area contributed by atoms with Crippen molar-refractivity contribution in [3.63, 3.8) is 0 Å². The first-order valence-corrected chi connectivity index (χ1v) is 8.46. The van der Waals surface area contributed by atoms with Gasteiger partial charge in [-0.05, 0) is 50.1 Å². The van der Waals surface area contributed by atoms with Crippen LogP contribution in [0.2, 0.25) is 0 Å². The largest absolute Gasteiger partial charge is 0.497 e. The van der Waals surface area contributed by atoms with Crippen molar-refractivity contribution in [3.8, 4) is 11.5 Å². The average molecular weight is 420 g/mol. The van der Waals surface area contributed by atoms with Gasteiger partial charge < -0.3 is 14.6 Å². The van der Waals surface area contributed by atoms with E-state index >= 15 is 0 Å². The second kappa shape index (κ2) is 5.67. The van der Waals surface area contributed by atoms with Crippen LogP contribution in [0.4, 0.5) is 0 Å². The zero-order valence-corrected chi connectivity index (χ0v) is 14.6. The fourth-order valence-electron chi connectivity index (χ4n) is 2.25. The van der Waals surface area contributed by atoms with Crippen LogP contribution in [0.15, 0.2) is 32.5 Å². The molecule has 0 radical (unpaired) electrons. The second-order valence-corrected chi connectivity index (χ2v) is 7.79. The van der Waals surface area contributed by atoms with Crippen molar-refractivity contribution in [3.05, 3.63) is 43.0 Å². The summed E-state index contributed by atoms with van der Waals surface area (Å²) >= 11 is 8.57. The van der Waals surface area contributed by atoms with E-state index in [1.165, 1.54) is 0 Å². The molecular formula is C14H12Br2O3S. The van der Waals surface area contributed by atoms with Gasteiger partial charge in [-0.2, -0.15) is 0 Å². The Morgan fingerprint density at radius 3 is 2.80 bits per heavy atom. The highest BCUT2D eigenvalue weighted by molar-refractivity contribution is 9.13. The first-order chi connectivity index (χ1) is 9.58. The topological polar surface area (TPSA) is 38.7 Å². The minimum absolute atomic E-state index is 0.141. The number of hydrogen-bond acceptors (Lipinski definition) is 4. The molecule has 2 atom stereocenters. The Bertz CT molecular complexity index is 622. The number of ether oxygens (including phenoxy) is 2. The summed E-state index contributed by atoms with van der Waals surface area (Å²) in [5, 5.41) is 10.3. The maximum Gasteiger partial charge on any atom is 0.136 e. The van der Waals surface area contributed by atoms with Crippen LogP contribution in [0.3, 0.4) is 0 Å². The number of aliphatic hydroxyl groups is 1. The van der Waals surface area contributed by atoms with Crippen molar-refractivity contribution in [1.29, 1.82) is 0 Å². The Hall–Kier alpha value is -0.560. The quantitative estimate of drug-likeness (QED) is 0.756. The smallest absolute Gasteiger partial charge is 0.136 e. The Balaban J connectivity index is 1.94. The van der Waals surface area contributed by atoms with Gasteiger partial charge >= 0.3 is 0 Å². The van der Waals surface area contributed by atoms with Crippen molar-refractivity contribution in [2.45, 2.75) is 18.6 Å². The summed E-state index contributed by atoms with van der Waals surface area (Å²) in [6.07, 6.45) is -0.106. The summed E-state index contributed by atoms with van der Waals surface area (Å²) in [5.41, 5.74) is 0.816. The summed E-state index contributed by atoms with van der Waals surface area (Å²) in [4.78, 5) is 1.08. The molecule has 2 unspecified atom stereocenters. The number of aliphatic hydroxyl groups excluding tert-OH is 1. The van der Waals surface area contributed by atoms with Crippen LogP contribution < -0.4 is 9.47 Å². The van der Waals surface area contributed by atoms with Gasteiger partial charge in [0.15, 0.2) is 0 Å². The van der Waals surface area contributed by atoms with Gasteiger partial charge in [-0.25, -0.2) is 0 Å². The Morgan fingerprint density at radius 1 is 1.35 bits per heavy atom. The lowest BCUT2D eigenvalue weighted by Crippen LogP contribution is -2.18. The normalized spacial score (nSPS) is 21.2. The summed E-state index contributed by atoms with van der Waals surface area (Å²) in [7, 11) is 1.62. The molecule has 2 aromatic rings. The highest BCUT2D eigenvalue weighted by Crippen LogP contribution is 2.45.